The number of hydrogen-bond acceptors (Lipinski definition) is 6. The standard InChI is InChI=1S/C11H12O6/c1-4(12)9-8-7(11(15)17-9)5(13)3-6(14)10(8)16-2/h3-4,9,12-14H,1-2H3. The van der Waals surface area contributed by atoms with Crippen molar-refractivity contribution < 1.29 is 29.6 Å². The first-order valence-electron chi connectivity index (χ1n) is 4.99. The maximum atomic E-state index is 11.6. The summed E-state index contributed by atoms with van der Waals surface area (Å²) in [4.78, 5) is 11.6. The Hall–Kier alpha value is -1.95. The number of cyclic esters (lactones) is 1. The predicted octanol–water partition coefficient (Wildman–Crippen LogP) is 0.699. The molecule has 1 aromatic rings. The number of aromatic hydroxyl groups is 2. The molecular weight excluding hydrogens is 228 g/mol. The number of phenolic OH excluding ortho intramolecular Hbond substituents is 2. The molecule has 6 nitrogen and oxygen atoms in total. The molecule has 1 aliphatic heterocycles. The molecular formula is C11H12O6. The van der Waals surface area contributed by atoms with Crippen LogP contribution in [0.2, 0.25) is 0 Å². The van der Waals surface area contributed by atoms with E-state index in [1.165, 1.54) is 14.0 Å². The smallest absolute Gasteiger partial charge is 0.343 e. The van der Waals surface area contributed by atoms with Crippen LogP contribution in [0.15, 0.2) is 6.07 Å². The predicted molar refractivity (Wildman–Crippen MR) is 56.2 cm³/mol. The molecule has 0 saturated heterocycles. The number of fused-ring (bicyclic) bond motifs is 1. The van der Waals surface area contributed by atoms with Gasteiger partial charge in [0.2, 0.25) is 0 Å². The van der Waals surface area contributed by atoms with Gasteiger partial charge in [-0.05, 0) is 6.92 Å². The van der Waals surface area contributed by atoms with Crippen LogP contribution in [0.5, 0.6) is 17.2 Å². The third kappa shape index (κ3) is 1.57. The van der Waals surface area contributed by atoms with E-state index in [-0.39, 0.29) is 22.6 Å². The number of aliphatic hydroxyl groups is 1. The summed E-state index contributed by atoms with van der Waals surface area (Å²) < 4.78 is 9.90. The quantitative estimate of drug-likeness (QED) is 0.658. The normalized spacial score (nSPS) is 19.7. The summed E-state index contributed by atoms with van der Waals surface area (Å²) in [5.74, 6) is -1.43. The van der Waals surface area contributed by atoms with Crippen molar-refractivity contribution in [1.29, 1.82) is 0 Å². The van der Waals surface area contributed by atoms with Crippen molar-refractivity contribution in [2.45, 2.75) is 19.1 Å². The van der Waals surface area contributed by atoms with E-state index in [0.717, 1.165) is 6.07 Å². The number of esters is 1. The van der Waals surface area contributed by atoms with Crippen molar-refractivity contribution >= 4 is 5.97 Å². The number of carbonyl (C=O) groups excluding carboxylic acids is 1. The lowest BCUT2D eigenvalue weighted by atomic mass is 9.99. The van der Waals surface area contributed by atoms with Crippen LogP contribution in [0, 0.1) is 0 Å². The molecule has 1 heterocycles. The van der Waals surface area contributed by atoms with Gasteiger partial charge in [-0.15, -0.1) is 0 Å². The van der Waals surface area contributed by atoms with E-state index >= 15 is 0 Å². The summed E-state index contributed by atoms with van der Waals surface area (Å²) in [6, 6.07) is 1.00. The summed E-state index contributed by atoms with van der Waals surface area (Å²) in [7, 11) is 1.31. The number of rotatable bonds is 2. The molecule has 0 spiro atoms. The molecule has 0 saturated carbocycles. The lowest BCUT2D eigenvalue weighted by Crippen LogP contribution is -2.14. The molecule has 0 amide bonds. The molecule has 0 aliphatic carbocycles. The van der Waals surface area contributed by atoms with Crippen LogP contribution in [0.3, 0.4) is 0 Å². The van der Waals surface area contributed by atoms with E-state index in [9.17, 15) is 20.1 Å². The molecule has 3 N–H and O–H groups in total. The zero-order valence-corrected chi connectivity index (χ0v) is 9.30. The van der Waals surface area contributed by atoms with Crippen molar-refractivity contribution in [1.82, 2.24) is 0 Å². The first kappa shape index (κ1) is 11.5. The molecule has 1 aliphatic rings. The van der Waals surface area contributed by atoms with Gasteiger partial charge in [0, 0.05) is 6.07 Å². The van der Waals surface area contributed by atoms with Gasteiger partial charge in [-0.2, -0.15) is 0 Å². The Morgan fingerprint density at radius 2 is 2.06 bits per heavy atom. The molecule has 0 radical (unpaired) electrons. The average Bonchev–Trinajstić information content (AvgIpc) is 2.57. The minimum Gasteiger partial charge on any atom is -0.507 e. The number of methoxy groups -OCH3 is 1. The second kappa shape index (κ2) is 3.81. The summed E-state index contributed by atoms with van der Waals surface area (Å²) in [6.45, 7) is 1.44. The van der Waals surface area contributed by atoms with Crippen molar-refractivity contribution in [2.24, 2.45) is 0 Å². The van der Waals surface area contributed by atoms with Crippen molar-refractivity contribution in [2.75, 3.05) is 7.11 Å². The van der Waals surface area contributed by atoms with Gasteiger partial charge in [0.15, 0.2) is 17.6 Å². The minimum absolute atomic E-state index is 0.0227. The number of hydrogen-bond donors (Lipinski definition) is 3. The van der Waals surface area contributed by atoms with Gasteiger partial charge in [-0.25, -0.2) is 4.79 Å². The molecule has 6 heteroatoms. The average molecular weight is 240 g/mol. The number of carbonyl (C=O) groups is 1. The molecule has 2 rings (SSSR count). The number of ether oxygens (including phenoxy) is 2. The zero-order valence-electron chi connectivity index (χ0n) is 9.30. The Bertz CT molecular complexity index is 479. The molecule has 2 unspecified atom stereocenters. The fraction of sp³-hybridized carbons (Fsp3) is 0.364. The van der Waals surface area contributed by atoms with Crippen molar-refractivity contribution in [3.05, 3.63) is 17.2 Å². The van der Waals surface area contributed by atoms with Gasteiger partial charge in [-0.1, -0.05) is 0 Å². The third-order valence-corrected chi connectivity index (χ3v) is 2.64. The summed E-state index contributed by atoms with van der Waals surface area (Å²) in [5, 5.41) is 28.7. The Labute approximate surface area is 97.0 Å². The van der Waals surface area contributed by atoms with Crippen molar-refractivity contribution in [3.63, 3.8) is 0 Å². The van der Waals surface area contributed by atoms with Gasteiger partial charge in [0.1, 0.15) is 11.3 Å². The largest absolute Gasteiger partial charge is 0.507 e. The Kier molecular flexibility index (Phi) is 2.59. The lowest BCUT2D eigenvalue weighted by Gasteiger charge is -2.16. The fourth-order valence-corrected chi connectivity index (χ4v) is 1.93. The van der Waals surface area contributed by atoms with Crippen LogP contribution in [0.1, 0.15) is 28.9 Å². The molecule has 17 heavy (non-hydrogen) atoms. The highest BCUT2D eigenvalue weighted by atomic mass is 16.6. The second-order valence-corrected chi connectivity index (χ2v) is 3.80. The maximum Gasteiger partial charge on any atom is 0.343 e. The molecule has 0 aromatic heterocycles. The molecule has 0 bridgehead atoms. The zero-order chi connectivity index (χ0) is 12.7. The number of aliphatic hydroxyl groups excluding tert-OH is 1. The fourth-order valence-electron chi connectivity index (χ4n) is 1.93. The van der Waals surface area contributed by atoms with Crippen LogP contribution in [-0.4, -0.2) is 34.5 Å². The van der Waals surface area contributed by atoms with Gasteiger partial charge in [0.25, 0.3) is 0 Å². The van der Waals surface area contributed by atoms with E-state index in [4.69, 9.17) is 9.47 Å². The minimum atomic E-state index is -0.977. The monoisotopic (exact) mass is 240 g/mol. The van der Waals surface area contributed by atoms with Gasteiger partial charge < -0.3 is 24.8 Å². The highest BCUT2D eigenvalue weighted by Gasteiger charge is 2.40. The summed E-state index contributed by atoms with van der Waals surface area (Å²) >= 11 is 0. The summed E-state index contributed by atoms with van der Waals surface area (Å²) in [6.07, 6.45) is -1.93. The highest BCUT2D eigenvalue weighted by molar-refractivity contribution is 5.98. The van der Waals surface area contributed by atoms with E-state index in [1.54, 1.807) is 0 Å². The van der Waals surface area contributed by atoms with E-state index in [0.29, 0.717) is 0 Å². The van der Waals surface area contributed by atoms with E-state index in [1.807, 2.05) is 0 Å². The van der Waals surface area contributed by atoms with E-state index < -0.39 is 23.9 Å². The molecule has 1 aromatic carbocycles. The van der Waals surface area contributed by atoms with Crippen LogP contribution in [0.4, 0.5) is 0 Å². The number of benzene rings is 1. The topological polar surface area (TPSA) is 96.2 Å². The SMILES string of the molecule is COc1c(O)cc(O)c2c1C(C(C)O)OC2=O. The Morgan fingerprint density at radius 1 is 1.41 bits per heavy atom. The Morgan fingerprint density at radius 3 is 2.59 bits per heavy atom. The van der Waals surface area contributed by atoms with Crippen LogP contribution in [0.25, 0.3) is 0 Å². The molecule has 92 valence electrons. The summed E-state index contributed by atoms with van der Waals surface area (Å²) in [5.41, 5.74) is 0.0931. The maximum absolute atomic E-state index is 11.6. The van der Waals surface area contributed by atoms with Gasteiger partial charge in [-0.3, -0.25) is 0 Å². The van der Waals surface area contributed by atoms with E-state index in [2.05, 4.69) is 0 Å². The van der Waals surface area contributed by atoms with Crippen molar-refractivity contribution in [3.8, 4) is 17.2 Å². The number of phenols is 2. The lowest BCUT2D eigenvalue weighted by molar-refractivity contribution is -0.00341. The third-order valence-electron chi connectivity index (χ3n) is 2.64. The first-order chi connectivity index (χ1) is 7.97. The van der Waals surface area contributed by atoms with Crippen LogP contribution >= 0.6 is 0 Å². The highest BCUT2D eigenvalue weighted by Crippen LogP contribution is 2.47. The second-order valence-electron chi connectivity index (χ2n) is 3.80. The molecule has 2 atom stereocenters. The van der Waals surface area contributed by atoms with Gasteiger partial charge >= 0.3 is 5.97 Å². The molecule has 0 fully saturated rings. The van der Waals surface area contributed by atoms with Crippen LogP contribution in [-0.2, 0) is 4.74 Å². The first-order valence-corrected chi connectivity index (χ1v) is 4.99. The Balaban J connectivity index is 2.72. The van der Waals surface area contributed by atoms with Gasteiger partial charge in [0.05, 0.1) is 18.8 Å². The van der Waals surface area contributed by atoms with Crippen LogP contribution < -0.4 is 4.74 Å².